The Morgan fingerprint density at radius 3 is 3.12 bits per heavy atom. The summed E-state index contributed by atoms with van der Waals surface area (Å²) < 4.78 is 1.87. The highest BCUT2D eigenvalue weighted by Crippen LogP contribution is 2.04. The Morgan fingerprint density at radius 2 is 2.35 bits per heavy atom. The van der Waals surface area contributed by atoms with Gasteiger partial charge < -0.3 is 0 Å². The van der Waals surface area contributed by atoms with Gasteiger partial charge in [-0.2, -0.15) is 5.26 Å². The summed E-state index contributed by atoms with van der Waals surface area (Å²) in [5, 5.41) is 8.73. The summed E-state index contributed by atoms with van der Waals surface area (Å²) in [7, 11) is 0. The zero-order chi connectivity index (χ0) is 12.3. The standard InChI is InChI=1S/C11H7BrN4O/c12-10-5-14-7-16(11(10)17)6-8-1-2-15-9(3-8)4-13/h1-3,5,7H,6H2. The second-order valence-electron chi connectivity index (χ2n) is 3.34. The zero-order valence-corrected chi connectivity index (χ0v) is 10.3. The molecule has 0 saturated carbocycles. The van der Waals surface area contributed by atoms with Crippen LogP contribution in [-0.4, -0.2) is 14.5 Å². The molecule has 0 bridgehead atoms. The number of rotatable bonds is 2. The average Bonchev–Trinajstić information content (AvgIpc) is 2.35. The van der Waals surface area contributed by atoms with E-state index in [0.29, 0.717) is 16.7 Å². The van der Waals surface area contributed by atoms with Crippen molar-refractivity contribution in [3.63, 3.8) is 0 Å². The Hall–Kier alpha value is -2.00. The number of nitrogens with zero attached hydrogens (tertiary/aromatic N) is 4. The van der Waals surface area contributed by atoms with E-state index >= 15 is 0 Å². The van der Waals surface area contributed by atoms with Gasteiger partial charge in [0.2, 0.25) is 0 Å². The van der Waals surface area contributed by atoms with E-state index in [1.807, 2.05) is 6.07 Å². The molecular formula is C11H7BrN4O. The second-order valence-corrected chi connectivity index (χ2v) is 4.19. The summed E-state index contributed by atoms with van der Waals surface area (Å²) in [6.45, 7) is 0.364. The Balaban J connectivity index is 2.35. The number of pyridine rings is 1. The molecule has 0 N–H and O–H groups in total. The van der Waals surface area contributed by atoms with Crippen LogP contribution in [0.4, 0.5) is 0 Å². The van der Waals surface area contributed by atoms with Crippen LogP contribution in [-0.2, 0) is 6.54 Å². The molecule has 0 saturated heterocycles. The van der Waals surface area contributed by atoms with Gasteiger partial charge in [0, 0.05) is 12.4 Å². The van der Waals surface area contributed by atoms with Gasteiger partial charge >= 0.3 is 0 Å². The monoisotopic (exact) mass is 290 g/mol. The molecule has 6 heteroatoms. The highest BCUT2D eigenvalue weighted by atomic mass is 79.9. The molecular weight excluding hydrogens is 284 g/mol. The molecule has 0 aliphatic heterocycles. The Kier molecular flexibility index (Phi) is 3.30. The Morgan fingerprint density at radius 1 is 1.53 bits per heavy atom. The first-order chi connectivity index (χ1) is 8.20. The van der Waals surface area contributed by atoms with E-state index in [-0.39, 0.29) is 5.56 Å². The van der Waals surface area contributed by atoms with Crippen LogP contribution in [0.1, 0.15) is 11.3 Å². The van der Waals surface area contributed by atoms with Crippen LogP contribution in [0.25, 0.3) is 0 Å². The maximum Gasteiger partial charge on any atom is 0.267 e. The van der Waals surface area contributed by atoms with Crippen molar-refractivity contribution in [2.24, 2.45) is 0 Å². The van der Waals surface area contributed by atoms with E-state index in [9.17, 15) is 4.79 Å². The summed E-state index contributed by atoms with van der Waals surface area (Å²) in [6.07, 6.45) is 4.45. The summed E-state index contributed by atoms with van der Waals surface area (Å²) >= 11 is 3.13. The SMILES string of the molecule is N#Cc1cc(Cn2cncc(Br)c2=O)ccn1. The summed E-state index contributed by atoms with van der Waals surface area (Å²) in [4.78, 5) is 19.5. The number of halogens is 1. The third-order valence-electron chi connectivity index (χ3n) is 2.15. The third kappa shape index (κ3) is 2.57. The molecule has 0 unspecified atom stereocenters. The minimum atomic E-state index is -0.157. The quantitative estimate of drug-likeness (QED) is 0.836. The molecule has 0 aliphatic rings. The van der Waals surface area contributed by atoms with E-state index in [1.165, 1.54) is 17.1 Å². The van der Waals surface area contributed by atoms with Crippen LogP contribution in [0, 0.1) is 11.3 Å². The lowest BCUT2D eigenvalue weighted by Crippen LogP contribution is -2.21. The van der Waals surface area contributed by atoms with Crippen LogP contribution in [0.15, 0.2) is 40.1 Å². The van der Waals surface area contributed by atoms with Crippen LogP contribution in [0.5, 0.6) is 0 Å². The molecule has 2 heterocycles. The summed E-state index contributed by atoms with van der Waals surface area (Å²) in [5.41, 5.74) is 1.01. The molecule has 0 radical (unpaired) electrons. The number of aromatic nitrogens is 3. The van der Waals surface area contributed by atoms with Crippen molar-refractivity contribution < 1.29 is 0 Å². The van der Waals surface area contributed by atoms with Crippen LogP contribution < -0.4 is 5.56 Å². The zero-order valence-electron chi connectivity index (χ0n) is 8.67. The van der Waals surface area contributed by atoms with E-state index in [4.69, 9.17) is 5.26 Å². The summed E-state index contributed by atoms with van der Waals surface area (Å²) in [5.74, 6) is 0. The smallest absolute Gasteiger partial charge is 0.267 e. The average molecular weight is 291 g/mol. The van der Waals surface area contributed by atoms with Gasteiger partial charge in [-0.3, -0.25) is 9.36 Å². The van der Waals surface area contributed by atoms with E-state index in [0.717, 1.165) is 5.56 Å². The van der Waals surface area contributed by atoms with Gasteiger partial charge in [0.15, 0.2) is 0 Å². The maximum atomic E-state index is 11.7. The fraction of sp³-hybridized carbons (Fsp3) is 0.0909. The first-order valence-corrected chi connectivity index (χ1v) is 5.55. The van der Waals surface area contributed by atoms with Gasteiger partial charge in [-0.1, -0.05) is 0 Å². The van der Waals surface area contributed by atoms with Gasteiger partial charge in [-0.05, 0) is 33.6 Å². The van der Waals surface area contributed by atoms with Crippen LogP contribution in [0.2, 0.25) is 0 Å². The molecule has 2 aromatic heterocycles. The van der Waals surface area contributed by atoms with Crippen molar-refractivity contribution >= 4 is 15.9 Å². The minimum absolute atomic E-state index is 0.157. The van der Waals surface area contributed by atoms with Crippen molar-refractivity contribution in [1.29, 1.82) is 5.26 Å². The first kappa shape index (κ1) is 11.5. The highest BCUT2D eigenvalue weighted by Gasteiger charge is 2.02. The fourth-order valence-electron chi connectivity index (χ4n) is 1.37. The van der Waals surface area contributed by atoms with Crippen molar-refractivity contribution in [3.05, 3.63) is 56.9 Å². The second kappa shape index (κ2) is 4.89. The van der Waals surface area contributed by atoms with Crippen molar-refractivity contribution in [3.8, 4) is 6.07 Å². The van der Waals surface area contributed by atoms with Crippen LogP contribution in [0.3, 0.4) is 0 Å². The normalized spacial score (nSPS) is 9.88. The minimum Gasteiger partial charge on any atom is -0.294 e. The van der Waals surface area contributed by atoms with Gasteiger partial charge in [0.1, 0.15) is 16.2 Å². The van der Waals surface area contributed by atoms with Crippen LogP contribution >= 0.6 is 15.9 Å². The topological polar surface area (TPSA) is 71.6 Å². The maximum absolute atomic E-state index is 11.7. The predicted octanol–water partition coefficient (Wildman–Crippen LogP) is 1.32. The Bertz CT molecular complexity index is 644. The number of nitriles is 1. The molecule has 0 aliphatic carbocycles. The van der Waals surface area contributed by atoms with Gasteiger partial charge in [0.25, 0.3) is 5.56 Å². The molecule has 84 valence electrons. The Labute approximate surface area is 106 Å². The predicted molar refractivity (Wildman–Crippen MR) is 64.3 cm³/mol. The molecule has 0 atom stereocenters. The number of hydrogen-bond donors (Lipinski definition) is 0. The molecule has 17 heavy (non-hydrogen) atoms. The van der Waals surface area contributed by atoms with Gasteiger partial charge in [-0.25, -0.2) is 9.97 Å². The molecule has 0 spiro atoms. The number of hydrogen-bond acceptors (Lipinski definition) is 4. The molecule has 2 aromatic rings. The lowest BCUT2D eigenvalue weighted by atomic mass is 10.2. The van der Waals surface area contributed by atoms with Gasteiger partial charge in [-0.15, -0.1) is 0 Å². The van der Waals surface area contributed by atoms with Crippen molar-refractivity contribution in [1.82, 2.24) is 14.5 Å². The molecule has 0 fully saturated rings. The lowest BCUT2D eigenvalue weighted by molar-refractivity contribution is 0.729. The largest absolute Gasteiger partial charge is 0.294 e. The lowest BCUT2D eigenvalue weighted by Gasteiger charge is -2.05. The van der Waals surface area contributed by atoms with Gasteiger partial charge in [0.05, 0.1) is 12.9 Å². The molecule has 5 nitrogen and oxygen atoms in total. The first-order valence-electron chi connectivity index (χ1n) is 4.75. The van der Waals surface area contributed by atoms with Crippen molar-refractivity contribution in [2.75, 3.05) is 0 Å². The highest BCUT2D eigenvalue weighted by molar-refractivity contribution is 9.10. The fourth-order valence-corrected chi connectivity index (χ4v) is 1.71. The third-order valence-corrected chi connectivity index (χ3v) is 2.69. The summed E-state index contributed by atoms with van der Waals surface area (Å²) in [6, 6.07) is 5.36. The van der Waals surface area contributed by atoms with E-state index < -0.39 is 0 Å². The molecule has 2 rings (SSSR count). The van der Waals surface area contributed by atoms with Crippen molar-refractivity contribution in [2.45, 2.75) is 6.54 Å². The van der Waals surface area contributed by atoms with E-state index in [1.54, 1.807) is 18.3 Å². The molecule has 0 aromatic carbocycles. The van der Waals surface area contributed by atoms with E-state index in [2.05, 4.69) is 25.9 Å². The molecule has 0 amide bonds.